The molecule has 188 valence electrons. The number of anilines is 2. The molecule has 2 amide bonds. The maximum absolute atomic E-state index is 13.6. The van der Waals surface area contributed by atoms with Gasteiger partial charge in [-0.2, -0.15) is 9.84 Å². The van der Waals surface area contributed by atoms with Gasteiger partial charge in [0.25, 0.3) is 17.4 Å². The van der Waals surface area contributed by atoms with Crippen LogP contribution in [0.3, 0.4) is 0 Å². The van der Waals surface area contributed by atoms with Crippen LogP contribution in [-0.4, -0.2) is 31.7 Å². The lowest BCUT2D eigenvalue weighted by molar-refractivity contribution is 0.0988. The van der Waals surface area contributed by atoms with Gasteiger partial charge in [-0.05, 0) is 63.1 Å². The van der Waals surface area contributed by atoms with Crippen LogP contribution >= 0.6 is 0 Å². The van der Waals surface area contributed by atoms with E-state index in [2.05, 4.69) is 20.5 Å². The number of hydrogen-bond donors (Lipinski definition) is 1. The van der Waals surface area contributed by atoms with Crippen LogP contribution in [0.15, 0.2) is 51.8 Å². The van der Waals surface area contributed by atoms with Crippen LogP contribution in [0.4, 0.5) is 11.5 Å². The molecule has 0 bridgehead atoms. The van der Waals surface area contributed by atoms with E-state index in [1.165, 1.54) is 4.74 Å². The number of rotatable bonds is 5. The highest BCUT2D eigenvalue weighted by molar-refractivity contribution is 6.14. The number of aromatic nitrogens is 4. The van der Waals surface area contributed by atoms with Crippen LogP contribution < -0.4 is 15.8 Å². The van der Waals surface area contributed by atoms with Gasteiger partial charge in [-0.3, -0.25) is 14.4 Å². The van der Waals surface area contributed by atoms with Crippen LogP contribution in [0.2, 0.25) is 0 Å². The summed E-state index contributed by atoms with van der Waals surface area (Å²) in [5.41, 5.74) is 4.12. The fourth-order valence-electron chi connectivity index (χ4n) is 4.81. The number of pyridine rings is 1. The number of benzene rings is 1. The number of carbonyl (C=O) groups excluding carboxylic acids is 2. The van der Waals surface area contributed by atoms with Crippen molar-refractivity contribution >= 4 is 23.3 Å². The van der Waals surface area contributed by atoms with Crippen molar-refractivity contribution in [1.82, 2.24) is 19.9 Å². The molecule has 1 aromatic carbocycles. The molecule has 10 nitrogen and oxygen atoms in total. The zero-order valence-electron chi connectivity index (χ0n) is 21.2. The first-order chi connectivity index (χ1) is 17.7. The predicted octanol–water partition coefficient (Wildman–Crippen LogP) is 4.12. The highest BCUT2D eigenvalue weighted by Crippen LogP contribution is 2.41. The summed E-state index contributed by atoms with van der Waals surface area (Å²) in [4.78, 5) is 45.6. The molecule has 0 unspecified atom stereocenters. The summed E-state index contributed by atoms with van der Waals surface area (Å²) in [6.45, 7) is 7.26. The first-order valence-corrected chi connectivity index (χ1v) is 11.9. The Morgan fingerprint density at radius 2 is 1.76 bits per heavy atom. The highest BCUT2D eigenvalue weighted by Gasteiger charge is 2.40. The van der Waals surface area contributed by atoms with Crippen molar-refractivity contribution in [2.75, 3.05) is 10.2 Å². The topological polar surface area (TPSA) is 123 Å². The molecule has 0 saturated carbocycles. The number of fused-ring (bicyclic) bond motifs is 1. The molecule has 1 atom stereocenters. The van der Waals surface area contributed by atoms with E-state index in [9.17, 15) is 14.4 Å². The van der Waals surface area contributed by atoms with E-state index < -0.39 is 11.9 Å². The molecule has 1 aliphatic heterocycles. The van der Waals surface area contributed by atoms with Crippen molar-refractivity contribution in [3.63, 3.8) is 0 Å². The van der Waals surface area contributed by atoms with Crippen molar-refractivity contribution in [2.24, 2.45) is 7.05 Å². The molecule has 1 aliphatic rings. The lowest BCUT2D eigenvalue weighted by Gasteiger charge is -2.25. The van der Waals surface area contributed by atoms with Crippen molar-refractivity contribution in [3.8, 4) is 11.1 Å². The SMILES string of the molecule is CC[C@H]1c2c(cc(C)nc2C(=O)Nc2ccc(C)nn2)C(=O)N1c1ccc(-c2c(C)on(C)c2=O)cc1. The second-order valence-corrected chi connectivity index (χ2v) is 9.06. The van der Waals surface area contributed by atoms with Crippen LogP contribution in [-0.2, 0) is 7.05 Å². The van der Waals surface area contributed by atoms with Crippen molar-refractivity contribution in [3.05, 3.63) is 86.8 Å². The maximum Gasteiger partial charge on any atom is 0.290 e. The minimum absolute atomic E-state index is 0.189. The normalized spacial score (nSPS) is 14.7. The molecule has 0 saturated heterocycles. The van der Waals surface area contributed by atoms with Crippen molar-refractivity contribution in [2.45, 2.75) is 40.2 Å². The third kappa shape index (κ3) is 4.10. The van der Waals surface area contributed by atoms with Crippen LogP contribution in [0.25, 0.3) is 11.1 Å². The van der Waals surface area contributed by atoms with E-state index in [0.717, 1.165) is 5.69 Å². The van der Waals surface area contributed by atoms with Gasteiger partial charge in [-0.25, -0.2) is 4.98 Å². The molecule has 10 heteroatoms. The van der Waals surface area contributed by atoms with E-state index in [1.807, 2.05) is 13.8 Å². The highest BCUT2D eigenvalue weighted by atomic mass is 16.5. The first kappa shape index (κ1) is 24.1. The molecule has 3 aromatic heterocycles. The quantitative estimate of drug-likeness (QED) is 0.439. The van der Waals surface area contributed by atoms with Gasteiger partial charge in [0.05, 0.1) is 17.3 Å². The van der Waals surface area contributed by atoms with Gasteiger partial charge >= 0.3 is 0 Å². The summed E-state index contributed by atoms with van der Waals surface area (Å²) >= 11 is 0. The van der Waals surface area contributed by atoms with E-state index >= 15 is 0 Å². The van der Waals surface area contributed by atoms with Gasteiger partial charge in [0.2, 0.25) is 0 Å². The molecule has 1 N–H and O–H groups in total. The zero-order valence-corrected chi connectivity index (χ0v) is 21.2. The second kappa shape index (κ2) is 9.12. The number of carbonyl (C=O) groups is 2. The van der Waals surface area contributed by atoms with Crippen molar-refractivity contribution in [1.29, 1.82) is 0 Å². The summed E-state index contributed by atoms with van der Waals surface area (Å²) in [6.07, 6.45) is 0.567. The maximum atomic E-state index is 13.6. The number of aryl methyl sites for hydroxylation is 4. The van der Waals surface area contributed by atoms with Gasteiger partial charge in [-0.1, -0.05) is 19.1 Å². The fraction of sp³-hybridized carbons (Fsp3) is 0.259. The van der Waals surface area contributed by atoms with Gasteiger partial charge < -0.3 is 14.7 Å². The Morgan fingerprint density at radius 3 is 2.35 bits per heavy atom. The third-order valence-electron chi connectivity index (χ3n) is 6.48. The average Bonchev–Trinajstić information content (AvgIpc) is 3.30. The molecule has 0 fully saturated rings. The monoisotopic (exact) mass is 498 g/mol. The Labute approximate surface area is 212 Å². The van der Waals surface area contributed by atoms with Gasteiger partial charge in [-0.15, -0.1) is 5.10 Å². The molecule has 0 spiro atoms. The van der Waals surface area contributed by atoms with E-state index in [4.69, 9.17) is 4.52 Å². The summed E-state index contributed by atoms with van der Waals surface area (Å²) < 4.78 is 6.60. The smallest absolute Gasteiger partial charge is 0.290 e. The Bertz CT molecular complexity index is 1590. The lowest BCUT2D eigenvalue weighted by Crippen LogP contribution is -2.28. The predicted molar refractivity (Wildman–Crippen MR) is 138 cm³/mol. The first-order valence-electron chi connectivity index (χ1n) is 11.9. The Hall–Kier alpha value is -4.60. The van der Waals surface area contributed by atoms with Crippen LogP contribution in [0.5, 0.6) is 0 Å². The lowest BCUT2D eigenvalue weighted by atomic mass is 9.99. The fourth-order valence-corrected chi connectivity index (χ4v) is 4.81. The molecular formula is C27H26N6O4. The summed E-state index contributed by atoms with van der Waals surface area (Å²) in [5, 5.41) is 10.7. The second-order valence-electron chi connectivity index (χ2n) is 9.06. The summed E-state index contributed by atoms with van der Waals surface area (Å²) in [6, 6.07) is 11.9. The average molecular weight is 499 g/mol. The molecule has 4 heterocycles. The Morgan fingerprint density at radius 1 is 1.03 bits per heavy atom. The molecule has 0 aliphatic carbocycles. The van der Waals surface area contributed by atoms with Gasteiger partial charge in [0.1, 0.15) is 11.5 Å². The van der Waals surface area contributed by atoms with Gasteiger partial charge in [0, 0.05) is 29.6 Å². The molecule has 0 radical (unpaired) electrons. The molecular weight excluding hydrogens is 472 g/mol. The third-order valence-corrected chi connectivity index (χ3v) is 6.48. The van der Waals surface area contributed by atoms with Crippen molar-refractivity contribution < 1.29 is 14.1 Å². The van der Waals surface area contributed by atoms with E-state index in [1.54, 1.807) is 68.3 Å². The minimum Gasteiger partial charge on any atom is -0.381 e. The van der Waals surface area contributed by atoms with E-state index in [0.29, 0.717) is 51.6 Å². The largest absolute Gasteiger partial charge is 0.381 e. The number of nitrogens with one attached hydrogen (secondary N) is 1. The Kier molecular flexibility index (Phi) is 5.94. The van der Waals surface area contributed by atoms with Gasteiger partial charge in [0.15, 0.2) is 5.82 Å². The number of nitrogens with zero attached hydrogens (tertiary/aromatic N) is 5. The number of amides is 2. The minimum atomic E-state index is -0.451. The van der Waals surface area contributed by atoms with Crippen LogP contribution in [0.1, 0.15) is 62.9 Å². The number of hydrogen-bond acceptors (Lipinski definition) is 7. The van der Waals surface area contributed by atoms with E-state index in [-0.39, 0.29) is 17.2 Å². The summed E-state index contributed by atoms with van der Waals surface area (Å²) in [5.74, 6) is 0.164. The molecule has 4 aromatic rings. The zero-order chi connectivity index (χ0) is 26.4. The van der Waals surface area contributed by atoms with Crippen LogP contribution in [0, 0.1) is 20.8 Å². The standard InChI is InChI=1S/C27H26N6O4/c1-6-20-23-19(13-15(3)28-24(23)25(34)29-21-12-7-14(2)30-31-21)26(35)33(20)18-10-8-17(9-11-18)22-16(4)37-32(5)27(22)36/h7-13,20H,6H2,1-5H3,(H,29,31,34)/t20-/m0/s1. The Balaban J connectivity index is 1.52. The molecule has 37 heavy (non-hydrogen) atoms. The summed E-state index contributed by atoms with van der Waals surface area (Å²) in [7, 11) is 1.56. The molecule has 5 rings (SSSR count).